The predicted octanol–water partition coefficient (Wildman–Crippen LogP) is 1.97. The van der Waals surface area contributed by atoms with Crippen molar-refractivity contribution in [3.05, 3.63) is 29.3 Å². The molecular formula is C15H23ClN2O2S. The van der Waals surface area contributed by atoms with Crippen LogP contribution in [-0.2, 0) is 22.9 Å². The molecule has 2 aliphatic rings. The molecule has 1 fully saturated rings. The van der Waals surface area contributed by atoms with Crippen molar-refractivity contribution in [3.8, 4) is 0 Å². The summed E-state index contributed by atoms with van der Waals surface area (Å²) in [6, 6.07) is 6.04. The largest absolute Gasteiger partial charge is 0.309 e. The average molecular weight is 331 g/mol. The highest BCUT2D eigenvalue weighted by atomic mass is 35.5. The summed E-state index contributed by atoms with van der Waals surface area (Å²) in [4.78, 5) is 0.458. The number of hydrogen-bond donors (Lipinski definition) is 1. The molecule has 3 rings (SSSR count). The summed E-state index contributed by atoms with van der Waals surface area (Å²) in [7, 11) is -3.36. The van der Waals surface area contributed by atoms with Crippen molar-refractivity contribution < 1.29 is 8.42 Å². The number of benzene rings is 1. The van der Waals surface area contributed by atoms with Crippen LogP contribution in [0.4, 0.5) is 0 Å². The Balaban J connectivity index is 0.00000161. The van der Waals surface area contributed by atoms with Crippen LogP contribution in [0, 0.1) is 0 Å². The lowest BCUT2D eigenvalue weighted by atomic mass is 10.1. The van der Waals surface area contributed by atoms with Crippen LogP contribution in [0.1, 0.15) is 31.4 Å². The van der Waals surface area contributed by atoms with E-state index in [9.17, 15) is 8.42 Å². The van der Waals surface area contributed by atoms with Crippen LogP contribution in [0.3, 0.4) is 0 Å². The number of fused-ring (bicyclic) bond motifs is 1. The van der Waals surface area contributed by atoms with Crippen molar-refractivity contribution in [1.82, 2.24) is 9.62 Å². The monoisotopic (exact) mass is 330 g/mol. The summed E-state index contributed by atoms with van der Waals surface area (Å²) in [6.45, 7) is 5.15. The van der Waals surface area contributed by atoms with Gasteiger partial charge in [0.2, 0.25) is 10.0 Å². The van der Waals surface area contributed by atoms with Gasteiger partial charge in [0.25, 0.3) is 0 Å². The Bertz CT molecular complexity index is 608. The third-order valence-corrected chi connectivity index (χ3v) is 6.06. The number of nitrogens with one attached hydrogen (secondary N) is 1. The Morgan fingerprint density at radius 3 is 2.38 bits per heavy atom. The Labute approximate surface area is 133 Å². The predicted molar refractivity (Wildman–Crippen MR) is 86.5 cm³/mol. The van der Waals surface area contributed by atoms with E-state index < -0.39 is 10.0 Å². The molecule has 2 atom stereocenters. The number of nitrogens with zero attached hydrogens (tertiary/aromatic N) is 1. The maximum absolute atomic E-state index is 12.8. The molecule has 118 valence electrons. The third kappa shape index (κ3) is 3.26. The molecule has 0 bridgehead atoms. The SMILES string of the molecule is CC1CN(S(=O)(=O)c2ccc3c(c2)CCC3)CC(C)N1.Cl. The van der Waals surface area contributed by atoms with Crippen LogP contribution in [-0.4, -0.2) is 37.9 Å². The lowest BCUT2D eigenvalue weighted by molar-refractivity contribution is 0.263. The van der Waals surface area contributed by atoms with Gasteiger partial charge in [-0.05, 0) is 56.4 Å². The zero-order valence-corrected chi connectivity index (χ0v) is 14.1. The smallest absolute Gasteiger partial charge is 0.243 e. The average Bonchev–Trinajstić information content (AvgIpc) is 2.84. The second-order valence-corrected chi connectivity index (χ2v) is 8.01. The second-order valence-electron chi connectivity index (χ2n) is 6.07. The molecule has 0 amide bonds. The maximum atomic E-state index is 12.8. The molecule has 1 aromatic rings. The van der Waals surface area contributed by atoms with Crippen LogP contribution in [0.15, 0.2) is 23.1 Å². The Hall–Kier alpha value is -0.620. The molecule has 4 nitrogen and oxygen atoms in total. The molecule has 0 aromatic heterocycles. The van der Waals surface area contributed by atoms with Crippen molar-refractivity contribution in [1.29, 1.82) is 0 Å². The van der Waals surface area contributed by atoms with E-state index in [1.807, 2.05) is 26.0 Å². The quantitative estimate of drug-likeness (QED) is 0.902. The summed E-state index contributed by atoms with van der Waals surface area (Å²) >= 11 is 0. The first kappa shape index (κ1) is 16.7. The maximum Gasteiger partial charge on any atom is 0.243 e. The fraction of sp³-hybridized carbons (Fsp3) is 0.600. The molecule has 0 spiro atoms. The van der Waals surface area contributed by atoms with Gasteiger partial charge in [-0.15, -0.1) is 12.4 Å². The van der Waals surface area contributed by atoms with Gasteiger partial charge >= 0.3 is 0 Å². The van der Waals surface area contributed by atoms with Gasteiger partial charge in [-0.3, -0.25) is 0 Å². The first-order valence-electron chi connectivity index (χ1n) is 7.35. The number of sulfonamides is 1. The summed E-state index contributed by atoms with van der Waals surface area (Å²) in [5.41, 5.74) is 2.52. The van der Waals surface area contributed by atoms with E-state index >= 15 is 0 Å². The van der Waals surface area contributed by atoms with E-state index in [2.05, 4.69) is 5.32 Å². The first-order valence-corrected chi connectivity index (χ1v) is 8.79. The zero-order valence-electron chi connectivity index (χ0n) is 12.5. The van der Waals surface area contributed by atoms with Gasteiger partial charge in [0.05, 0.1) is 4.90 Å². The number of piperazine rings is 1. The molecule has 1 aliphatic carbocycles. The highest BCUT2D eigenvalue weighted by Gasteiger charge is 2.31. The van der Waals surface area contributed by atoms with Crippen molar-refractivity contribution in [2.45, 2.75) is 50.1 Å². The van der Waals surface area contributed by atoms with E-state index in [1.165, 1.54) is 11.1 Å². The van der Waals surface area contributed by atoms with E-state index in [0.29, 0.717) is 18.0 Å². The molecular weight excluding hydrogens is 308 g/mol. The lowest BCUT2D eigenvalue weighted by Gasteiger charge is -2.35. The standard InChI is InChI=1S/C15H22N2O2S.ClH/c1-11-9-17(10-12(2)16-11)20(18,19)15-7-6-13-4-3-5-14(13)8-15;/h6-8,11-12,16H,3-5,9-10H2,1-2H3;1H. The van der Waals surface area contributed by atoms with E-state index in [0.717, 1.165) is 19.3 Å². The zero-order chi connectivity index (χ0) is 14.3. The van der Waals surface area contributed by atoms with Gasteiger partial charge in [-0.1, -0.05) is 6.07 Å². The van der Waals surface area contributed by atoms with Gasteiger partial charge < -0.3 is 5.32 Å². The molecule has 0 radical (unpaired) electrons. The first-order chi connectivity index (χ1) is 9.46. The van der Waals surface area contributed by atoms with Crippen molar-refractivity contribution >= 4 is 22.4 Å². The summed E-state index contributed by atoms with van der Waals surface area (Å²) < 4.78 is 27.2. The molecule has 6 heteroatoms. The summed E-state index contributed by atoms with van der Waals surface area (Å²) in [5.74, 6) is 0. The van der Waals surface area contributed by atoms with Gasteiger partial charge in [0.1, 0.15) is 0 Å². The van der Waals surface area contributed by atoms with Gasteiger partial charge in [0.15, 0.2) is 0 Å². The minimum atomic E-state index is -3.36. The highest BCUT2D eigenvalue weighted by molar-refractivity contribution is 7.89. The topological polar surface area (TPSA) is 49.4 Å². The van der Waals surface area contributed by atoms with Crippen LogP contribution in [0.2, 0.25) is 0 Å². The fourth-order valence-corrected chi connectivity index (χ4v) is 5.00. The van der Waals surface area contributed by atoms with Gasteiger partial charge in [0, 0.05) is 25.2 Å². The molecule has 2 unspecified atom stereocenters. The van der Waals surface area contributed by atoms with Gasteiger partial charge in [-0.2, -0.15) is 4.31 Å². The number of hydrogen-bond acceptors (Lipinski definition) is 3. The number of halogens is 1. The van der Waals surface area contributed by atoms with E-state index in [1.54, 1.807) is 10.4 Å². The third-order valence-electron chi connectivity index (χ3n) is 4.23. The molecule has 1 aliphatic heterocycles. The minimum absolute atomic E-state index is 0. The normalized spacial score (nSPS) is 26.2. The Kier molecular flexibility index (Phi) is 4.98. The minimum Gasteiger partial charge on any atom is -0.309 e. The highest BCUT2D eigenvalue weighted by Crippen LogP contribution is 2.27. The molecule has 21 heavy (non-hydrogen) atoms. The molecule has 1 N–H and O–H groups in total. The van der Waals surface area contributed by atoms with Crippen LogP contribution < -0.4 is 5.32 Å². The van der Waals surface area contributed by atoms with Crippen LogP contribution in [0.25, 0.3) is 0 Å². The van der Waals surface area contributed by atoms with Crippen molar-refractivity contribution in [3.63, 3.8) is 0 Å². The summed E-state index contributed by atoms with van der Waals surface area (Å²) in [6.07, 6.45) is 3.23. The molecule has 1 aromatic carbocycles. The van der Waals surface area contributed by atoms with Crippen molar-refractivity contribution in [2.24, 2.45) is 0 Å². The van der Waals surface area contributed by atoms with Crippen molar-refractivity contribution in [2.75, 3.05) is 13.1 Å². The Morgan fingerprint density at radius 2 is 1.71 bits per heavy atom. The number of aryl methyl sites for hydroxylation is 2. The second kappa shape index (κ2) is 6.24. The lowest BCUT2D eigenvalue weighted by Crippen LogP contribution is -2.55. The van der Waals surface area contributed by atoms with E-state index in [-0.39, 0.29) is 24.5 Å². The summed E-state index contributed by atoms with van der Waals surface area (Å²) in [5, 5.41) is 3.37. The molecule has 1 heterocycles. The number of rotatable bonds is 2. The van der Waals surface area contributed by atoms with Crippen LogP contribution in [0.5, 0.6) is 0 Å². The van der Waals surface area contributed by atoms with Gasteiger partial charge in [-0.25, -0.2) is 8.42 Å². The fourth-order valence-electron chi connectivity index (χ4n) is 3.33. The Morgan fingerprint density at radius 1 is 1.10 bits per heavy atom. The van der Waals surface area contributed by atoms with Crippen LogP contribution >= 0.6 is 12.4 Å². The molecule has 1 saturated heterocycles. The molecule has 0 saturated carbocycles. The van der Waals surface area contributed by atoms with E-state index in [4.69, 9.17) is 0 Å².